The zero-order chi connectivity index (χ0) is 10.0. The number of phenolic OH excluding ortho intramolecular Hbond substituents is 2. The fraction of sp³-hybridized carbons (Fsp3) is 0.222. The van der Waals surface area contributed by atoms with Crippen molar-refractivity contribution >= 4 is 5.78 Å². The van der Waals surface area contributed by atoms with Gasteiger partial charge in [0.2, 0.25) is 0 Å². The van der Waals surface area contributed by atoms with Crippen molar-refractivity contribution in [1.29, 1.82) is 0 Å². The van der Waals surface area contributed by atoms with Crippen molar-refractivity contribution in [3.05, 3.63) is 23.3 Å². The average molecular weight is 181 g/mol. The van der Waals surface area contributed by atoms with Gasteiger partial charge in [0.05, 0.1) is 12.1 Å². The minimum Gasteiger partial charge on any atom is -0.508 e. The van der Waals surface area contributed by atoms with Gasteiger partial charge >= 0.3 is 0 Å². The van der Waals surface area contributed by atoms with Crippen LogP contribution in [0.2, 0.25) is 0 Å². The van der Waals surface area contributed by atoms with Gasteiger partial charge in [0, 0.05) is 0 Å². The maximum absolute atomic E-state index is 11.1. The molecule has 0 saturated carbocycles. The molecule has 0 radical (unpaired) electrons. The van der Waals surface area contributed by atoms with Gasteiger partial charge in [-0.25, -0.2) is 0 Å². The number of carbonyl (C=O) groups is 1. The summed E-state index contributed by atoms with van der Waals surface area (Å²) in [5, 5.41) is 18.6. The molecule has 1 rings (SSSR count). The number of ketones is 1. The molecule has 0 aliphatic rings. The smallest absolute Gasteiger partial charge is 0.180 e. The molecule has 0 bridgehead atoms. The number of aromatic hydroxyl groups is 2. The van der Waals surface area contributed by atoms with Crippen LogP contribution in [0.15, 0.2) is 12.1 Å². The first-order valence-corrected chi connectivity index (χ1v) is 3.82. The monoisotopic (exact) mass is 181 g/mol. The lowest BCUT2D eigenvalue weighted by Crippen LogP contribution is -2.13. The van der Waals surface area contributed by atoms with Crippen molar-refractivity contribution in [3.8, 4) is 11.5 Å². The van der Waals surface area contributed by atoms with Crippen molar-refractivity contribution < 1.29 is 15.0 Å². The molecule has 0 aromatic heterocycles. The highest BCUT2D eigenvalue weighted by atomic mass is 16.3. The highest BCUT2D eigenvalue weighted by Gasteiger charge is 2.11. The van der Waals surface area contributed by atoms with E-state index in [0.29, 0.717) is 5.56 Å². The number of hydrogen-bond acceptors (Lipinski definition) is 4. The van der Waals surface area contributed by atoms with Gasteiger partial charge in [-0.1, -0.05) is 0 Å². The first kappa shape index (κ1) is 9.54. The van der Waals surface area contributed by atoms with E-state index in [2.05, 4.69) is 0 Å². The second kappa shape index (κ2) is 3.45. The van der Waals surface area contributed by atoms with E-state index in [1.165, 1.54) is 12.1 Å². The van der Waals surface area contributed by atoms with Gasteiger partial charge in [0.1, 0.15) is 11.5 Å². The summed E-state index contributed by atoms with van der Waals surface area (Å²) >= 11 is 0. The molecule has 0 atom stereocenters. The van der Waals surface area contributed by atoms with Crippen molar-refractivity contribution in [2.75, 3.05) is 6.54 Å². The number of aryl methyl sites for hydroxylation is 1. The minimum absolute atomic E-state index is 0.0189. The SMILES string of the molecule is Cc1cc(O)c(C(=O)CN)cc1O. The molecule has 0 saturated heterocycles. The summed E-state index contributed by atoms with van der Waals surface area (Å²) in [6.45, 7) is 1.45. The van der Waals surface area contributed by atoms with Gasteiger partial charge in [-0.15, -0.1) is 0 Å². The molecule has 0 aliphatic heterocycles. The van der Waals surface area contributed by atoms with Gasteiger partial charge in [0.25, 0.3) is 0 Å². The van der Waals surface area contributed by atoms with Crippen molar-refractivity contribution in [3.63, 3.8) is 0 Å². The molecule has 13 heavy (non-hydrogen) atoms. The minimum atomic E-state index is -0.396. The van der Waals surface area contributed by atoms with E-state index < -0.39 is 5.78 Å². The lowest BCUT2D eigenvalue weighted by atomic mass is 10.1. The maximum Gasteiger partial charge on any atom is 0.180 e. The van der Waals surface area contributed by atoms with Crippen LogP contribution in [0.5, 0.6) is 11.5 Å². The Morgan fingerprint density at radius 1 is 1.38 bits per heavy atom. The molecule has 4 N–H and O–H groups in total. The molecule has 0 heterocycles. The van der Waals surface area contributed by atoms with E-state index in [-0.39, 0.29) is 23.6 Å². The summed E-state index contributed by atoms with van der Waals surface area (Å²) in [6, 6.07) is 2.55. The van der Waals surface area contributed by atoms with E-state index in [4.69, 9.17) is 5.73 Å². The second-order valence-electron chi connectivity index (χ2n) is 2.78. The summed E-state index contributed by atoms with van der Waals surface area (Å²) in [5.41, 5.74) is 5.70. The number of hydrogen-bond donors (Lipinski definition) is 3. The van der Waals surface area contributed by atoms with Crippen LogP contribution in [0.1, 0.15) is 15.9 Å². The van der Waals surface area contributed by atoms with Crippen LogP contribution in [0.3, 0.4) is 0 Å². The Bertz CT molecular complexity index is 347. The fourth-order valence-electron chi connectivity index (χ4n) is 1.01. The van der Waals surface area contributed by atoms with Crippen LogP contribution in [0.25, 0.3) is 0 Å². The first-order valence-electron chi connectivity index (χ1n) is 3.82. The Balaban J connectivity index is 3.23. The normalized spacial score (nSPS) is 10.0. The largest absolute Gasteiger partial charge is 0.508 e. The number of phenols is 2. The first-order chi connectivity index (χ1) is 6.06. The highest BCUT2D eigenvalue weighted by molar-refractivity contribution is 6.00. The van der Waals surface area contributed by atoms with E-state index in [9.17, 15) is 15.0 Å². The molecular weight excluding hydrogens is 170 g/mol. The van der Waals surface area contributed by atoms with Crippen LogP contribution in [-0.4, -0.2) is 22.5 Å². The molecule has 0 spiro atoms. The molecule has 1 aromatic rings. The van der Waals surface area contributed by atoms with Crippen molar-refractivity contribution in [2.45, 2.75) is 6.92 Å². The quantitative estimate of drug-likeness (QED) is 0.459. The number of Topliss-reactive ketones (excluding diaryl/α,β-unsaturated/α-hetero) is 1. The predicted octanol–water partition coefficient (Wildman–Crippen LogP) is 0.548. The molecule has 4 nitrogen and oxygen atoms in total. The summed E-state index contributed by atoms with van der Waals surface area (Å²) in [7, 11) is 0. The third kappa shape index (κ3) is 1.78. The third-order valence-corrected chi connectivity index (χ3v) is 1.80. The Labute approximate surface area is 75.6 Å². The molecule has 4 heteroatoms. The van der Waals surface area contributed by atoms with Crippen molar-refractivity contribution in [1.82, 2.24) is 0 Å². The van der Waals surface area contributed by atoms with Crippen LogP contribution in [-0.2, 0) is 0 Å². The summed E-state index contributed by atoms with van der Waals surface area (Å²) in [6.07, 6.45) is 0. The van der Waals surface area contributed by atoms with Gasteiger partial charge in [-0.2, -0.15) is 0 Å². The van der Waals surface area contributed by atoms with Crippen LogP contribution < -0.4 is 5.73 Å². The van der Waals surface area contributed by atoms with E-state index in [1.807, 2.05) is 0 Å². The number of rotatable bonds is 2. The van der Waals surface area contributed by atoms with Crippen LogP contribution in [0.4, 0.5) is 0 Å². The Morgan fingerprint density at radius 3 is 2.54 bits per heavy atom. The average Bonchev–Trinajstić information content (AvgIpc) is 2.10. The standard InChI is InChI=1S/C9H11NO3/c1-5-2-8(12)6(3-7(5)11)9(13)4-10/h2-3,11-12H,4,10H2,1H3. The Hall–Kier alpha value is -1.55. The van der Waals surface area contributed by atoms with Crippen LogP contribution in [0, 0.1) is 6.92 Å². The molecule has 0 aliphatic carbocycles. The molecule has 0 unspecified atom stereocenters. The molecular formula is C9H11NO3. The Morgan fingerprint density at radius 2 is 2.00 bits per heavy atom. The maximum atomic E-state index is 11.1. The van der Waals surface area contributed by atoms with Gasteiger partial charge in [-0.05, 0) is 24.6 Å². The molecule has 0 fully saturated rings. The third-order valence-electron chi connectivity index (χ3n) is 1.80. The molecule has 1 aromatic carbocycles. The number of benzene rings is 1. The van der Waals surface area contributed by atoms with Gasteiger partial charge < -0.3 is 15.9 Å². The zero-order valence-electron chi connectivity index (χ0n) is 7.24. The van der Waals surface area contributed by atoms with E-state index >= 15 is 0 Å². The van der Waals surface area contributed by atoms with E-state index in [1.54, 1.807) is 6.92 Å². The zero-order valence-corrected chi connectivity index (χ0v) is 7.24. The number of carbonyl (C=O) groups excluding carboxylic acids is 1. The molecule has 0 amide bonds. The van der Waals surface area contributed by atoms with E-state index in [0.717, 1.165) is 0 Å². The Kier molecular flexibility index (Phi) is 2.53. The highest BCUT2D eigenvalue weighted by Crippen LogP contribution is 2.26. The molecule has 70 valence electrons. The summed E-state index contributed by atoms with van der Waals surface area (Å²) in [4.78, 5) is 11.1. The second-order valence-corrected chi connectivity index (χ2v) is 2.78. The van der Waals surface area contributed by atoms with Gasteiger partial charge in [-0.3, -0.25) is 4.79 Å². The van der Waals surface area contributed by atoms with Crippen LogP contribution >= 0.6 is 0 Å². The topological polar surface area (TPSA) is 83.5 Å². The summed E-state index contributed by atoms with van der Waals surface area (Å²) in [5.74, 6) is -0.562. The predicted molar refractivity (Wildman–Crippen MR) is 47.9 cm³/mol. The lowest BCUT2D eigenvalue weighted by molar-refractivity contribution is 0.0998. The van der Waals surface area contributed by atoms with Gasteiger partial charge in [0.15, 0.2) is 5.78 Å². The summed E-state index contributed by atoms with van der Waals surface area (Å²) < 4.78 is 0. The number of nitrogens with two attached hydrogens (primary N) is 1. The lowest BCUT2D eigenvalue weighted by Gasteiger charge is -2.04. The van der Waals surface area contributed by atoms with Crippen molar-refractivity contribution in [2.24, 2.45) is 5.73 Å². The fourth-order valence-corrected chi connectivity index (χ4v) is 1.01.